The Morgan fingerprint density at radius 1 is 1.00 bits per heavy atom. The van der Waals surface area contributed by atoms with Gasteiger partial charge in [-0.1, -0.05) is 35.0 Å². The lowest BCUT2D eigenvalue weighted by atomic mass is 10.1. The molecule has 0 atom stereocenters. The highest BCUT2D eigenvalue weighted by molar-refractivity contribution is 8.25. The number of hydrogen-bond acceptors (Lipinski definition) is 8. The standard InChI is InChI=1S/C25H21FN4O5S/c26-19-13-17(24(31)30-14-18(15-30)35-25(32)21-7-1-2-11-27-21)9-10-20(19)29-36(33,34)22-8-3-5-16-6-4-12-28-23(16)22/h1-13,18,29,33-34H,14-15H2. The van der Waals surface area contributed by atoms with Crippen molar-refractivity contribution in [1.29, 1.82) is 0 Å². The Kier molecular flexibility index (Phi) is 6.27. The summed E-state index contributed by atoms with van der Waals surface area (Å²) in [6, 6.07) is 17.0. The van der Waals surface area contributed by atoms with Gasteiger partial charge in [-0.2, -0.15) is 0 Å². The maximum atomic E-state index is 14.9. The number of nitrogens with zero attached hydrogens (tertiary/aromatic N) is 3. The number of benzene rings is 2. The molecule has 36 heavy (non-hydrogen) atoms. The summed E-state index contributed by atoms with van der Waals surface area (Å²) in [6.07, 6.45) is 2.54. The van der Waals surface area contributed by atoms with E-state index in [9.17, 15) is 23.1 Å². The normalized spacial score (nSPS) is 14.2. The molecule has 11 heteroatoms. The van der Waals surface area contributed by atoms with Gasteiger partial charge in [0, 0.05) is 23.3 Å². The number of carbonyl (C=O) groups excluding carboxylic acids is 2. The summed E-state index contributed by atoms with van der Waals surface area (Å²) in [7, 11) is -3.65. The molecule has 0 radical (unpaired) electrons. The van der Waals surface area contributed by atoms with Crippen molar-refractivity contribution in [3.63, 3.8) is 0 Å². The van der Waals surface area contributed by atoms with Crippen LogP contribution in [0.2, 0.25) is 0 Å². The number of pyridine rings is 2. The largest absolute Gasteiger partial charge is 0.454 e. The molecule has 2 aromatic heterocycles. The molecular formula is C25H21FN4O5S. The van der Waals surface area contributed by atoms with Crippen molar-refractivity contribution >= 4 is 39.2 Å². The van der Waals surface area contributed by atoms with Gasteiger partial charge >= 0.3 is 5.97 Å². The molecule has 1 fully saturated rings. The molecule has 0 saturated carbocycles. The molecule has 5 rings (SSSR count). The van der Waals surface area contributed by atoms with Gasteiger partial charge in [0.1, 0.15) is 22.5 Å². The van der Waals surface area contributed by atoms with E-state index >= 15 is 0 Å². The van der Waals surface area contributed by atoms with E-state index in [4.69, 9.17) is 4.74 Å². The van der Waals surface area contributed by atoms with E-state index < -0.39 is 34.6 Å². The smallest absolute Gasteiger partial charge is 0.357 e. The maximum absolute atomic E-state index is 14.9. The minimum absolute atomic E-state index is 0.0795. The first-order valence-corrected chi connectivity index (χ1v) is 12.5. The molecule has 0 spiro atoms. The van der Waals surface area contributed by atoms with Crippen LogP contribution in [0.15, 0.2) is 84.0 Å². The van der Waals surface area contributed by atoms with E-state index in [1.165, 1.54) is 41.6 Å². The van der Waals surface area contributed by atoms with E-state index in [2.05, 4.69) is 14.7 Å². The summed E-state index contributed by atoms with van der Waals surface area (Å²) in [5.74, 6) is -1.84. The molecule has 4 aromatic rings. The first-order chi connectivity index (χ1) is 17.3. The van der Waals surface area contributed by atoms with Crippen LogP contribution in [-0.4, -0.2) is 55.0 Å². The number of hydrogen-bond donors (Lipinski definition) is 3. The molecule has 0 unspecified atom stereocenters. The van der Waals surface area contributed by atoms with Crippen LogP contribution in [0.3, 0.4) is 0 Å². The summed E-state index contributed by atoms with van der Waals surface area (Å²) < 4.78 is 44.2. The SMILES string of the molecule is O=C(OC1CN(C(=O)c2ccc(NS(O)(O)c3cccc4cccnc34)c(F)c2)C1)c1ccccn1. The fourth-order valence-electron chi connectivity index (χ4n) is 3.80. The topological polar surface area (TPSA) is 125 Å². The van der Waals surface area contributed by atoms with Gasteiger partial charge in [-0.15, -0.1) is 0 Å². The van der Waals surface area contributed by atoms with Gasteiger partial charge in [0.2, 0.25) is 0 Å². The van der Waals surface area contributed by atoms with E-state index in [1.54, 1.807) is 36.4 Å². The minimum atomic E-state index is -3.65. The lowest BCUT2D eigenvalue weighted by Gasteiger charge is -2.38. The highest BCUT2D eigenvalue weighted by Crippen LogP contribution is 2.50. The molecule has 3 heterocycles. The van der Waals surface area contributed by atoms with E-state index in [1.807, 2.05) is 0 Å². The van der Waals surface area contributed by atoms with Crippen LogP contribution in [0.25, 0.3) is 10.9 Å². The number of fused-ring (bicyclic) bond motifs is 1. The van der Waals surface area contributed by atoms with Crippen LogP contribution in [0.5, 0.6) is 0 Å². The Labute approximate surface area is 207 Å². The van der Waals surface area contributed by atoms with Crippen LogP contribution >= 0.6 is 10.8 Å². The molecule has 0 bridgehead atoms. The number of nitrogens with one attached hydrogen (secondary N) is 1. The predicted octanol–water partition coefficient (Wildman–Crippen LogP) is 4.59. The zero-order valence-corrected chi connectivity index (χ0v) is 19.6. The molecule has 2 aromatic carbocycles. The average molecular weight is 509 g/mol. The second-order valence-corrected chi connectivity index (χ2v) is 9.87. The molecule has 184 valence electrons. The highest BCUT2D eigenvalue weighted by Gasteiger charge is 2.34. The predicted molar refractivity (Wildman–Crippen MR) is 132 cm³/mol. The average Bonchev–Trinajstić information content (AvgIpc) is 2.86. The first-order valence-electron chi connectivity index (χ1n) is 10.9. The number of likely N-dealkylation sites (tertiary alicyclic amines) is 1. The summed E-state index contributed by atoms with van der Waals surface area (Å²) >= 11 is 0. The molecule has 0 aliphatic carbocycles. The highest BCUT2D eigenvalue weighted by atomic mass is 32.3. The zero-order chi connectivity index (χ0) is 25.3. The van der Waals surface area contributed by atoms with E-state index in [0.29, 0.717) is 10.9 Å². The third-order valence-corrected chi connectivity index (χ3v) is 7.10. The summed E-state index contributed by atoms with van der Waals surface area (Å²) in [4.78, 5) is 34.5. The number of aromatic nitrogens is 2. The Morgan fingerprint density at radius 3 is 2.53 bits per heavy atom. The van der Waals surface area contributed by atoms with Crippen molar-refractivity contribution in [2.24, 2.45) is 0 Å². The Balaban J connectivity index is 1.24. The second kappa shape index (κ2) is 9.53. The fraction of sp³-hybridized carbons (Fsp3) is 0.120. The first kappa shape index (κ1) is 23.7. The fourth-order valence-corrected chi connectivity index (χ4v) is 5.09. The Morgan fingerprint density at radius 2 is 1.78 bits per heavy atom. The quantitative estimate of drug-likeness (QED) is 0.323. The van der Waals surface area contributed by atoms with Gasteiger partial charge < -0.3 is 9.64 Å². The molecule has 1 saturated heterocycles. The number of rotatable bonds is 6. The van der Waals surface area contributed by atoms with Crippen LogP contribution < -0.4 is 4.72 Å². The van der Waals surface area contributed by atoms with E-state index in [0.717, 1.165) is 6.07 Å². The molecule has 1 aliphatic rings. The summed E-state index contributed by atoms with van der Waals surface area (Å²) in [5, 5.41) is 0.705. The van der Waals surface area contributed by atoms with E-state index in [-0.39, 0.29) is 34.9 Å². The molecule has 1 aliphatic heterocycles. The van der Waals surface area contributed by atoms with Crippen molar-refractivity contribution in [1.82, 2.24) is 14.9 Å². The van der Waals surface area contributed by atoms with Crippen molar-refractivity contribution < 1.29 is 27.8 Å². The summed E-state index contributed by atoms with van der Waals surface area (Å²) in [6.45, 7) is 0.349. The maximum Gasteiger partial charge on any atom is 0.357 e. The monoisotopic (exact) mass is 508 g/mol. The van der Waals surface area contributed by atoms with Crippen molar-refractivity contribution in [3.8, 4) is 0 Å². The molecule has 1 amide bonds. The Hall–Kier alpha value is -4.06. The van der Waals surface area contributed by atoms with Crippen LogP contribution in [-0.2, 0) is 4.74 Å². The molecule has 3 N–H and O–H groups in total. The number of esters is 1. The number of para-hydroxylation sites is 1. The van der Waals surface area contributed by atoms with Crippen molar-refractivity contribution in [2.75, 3.05) is 17.8 Å². The number of ether oxygens (including phenoxy) is 1. The number of anilines is 1. The lowest BCUT2D eigenvalue weighted by Crippen LogP contribution is -2.55. The van der Waals surface area contributed by atoms with Crippen LogP contribution in [0, 0.1) is 5.82 Å². The third-order valence-electron chi connectivity index (χ3n) is 5.65. The number of carbonyl (C=O) groups is 2. The lowest BCUT2D eigenvalue weighted by molar-refractivity contribution is -0.0238. The number of halogens is 1. The van der Waals surface area contributed by atoms with Crippen molar-refractivity contribution in [3.05, 3.63) is 96.2 Å². The Bertz CT molecular complexity index is 1440. The van der Waals surface area contributed by atoms with Gasteiger partial charge in [0.05, 0.1) is 24.3 Å². The number of amides is 1. The van der Waals surface area contributed by atoms with Crippen LogP contribution in [0.1, 0.15) is 20.8 Å². The van der Waals surface area contributed by atoms with Gasteiger partial charge in [-0.3, -0.25) is 23.6 Å². The third kappa shape index (κ3) is 4.71. The van der Waals surface area contributed by atoms with Gasteiger partial charge in [0.15, 0.2) is 0 Å². The summed E-state index contributed by atoms with van der Waals surface area (Å²) in [5.41, 5.74) is 0.467. The van der Waals surface area contributed by atoms with Gasteiger partial charge in [-0.25, -0.2) is 14.2 Å². The van der Waals surface area contributed by atoms with Crippen LogP contribution in [0.4, 0.5) is 10.1 Å². The van der Waals surface area contributed by atoms with Gasteiger partial charge in [-0.05, 0) is 42.5 Å². The van der Waals surface area contributed by atoms with Crippen molar-refractivity contribution in [2.45, 2.75) is 11.0 Å². The van der Waals surface area contributed by atoms with Gasteiger partial charge in [0.25, 0.3) is 5.91 Å². The molecular weight excluding hydrogens is 487 g/mol. The second-order valence-electron chi connectivity index (χ2n) is 8.13. The minimum Gasteiger partial charge on any atom is -0.454 e. The molecule has 9 nitrogen and oxygen atoms in total. The zero-order valence-electron chi connectivity index (χ0n) is 18.7.